The summed E-state index contributed by atoms with van der Waals surface area (Å²) in [6.07, 6.45) is -0.0374. The van der Waals surface area contributed by atoms with Gasteiger partial charge in [-0.05, 0) is 30.5 Å². The summed E-state index contributed by atoms with van der Waals surface area (Å²) in [5, 5.41) is 0. The molecule has 2 bridgehead atoms. The van der Waals surface area contributed by atoms with Crippen molar-refractivity contribution >= 4 is 11.9 Å². The maximum atomic E-state index is 14.1. The number of ketones is 1. The topological polar surface area (TPSA) is 55.8 Å². The minimum atomic E-state index is -1.66. The van der Waals surface area contributed by atoms with E-state index in [-0.39, 0.29) is 32.7 Å². The molecule has 2 saturated heterocycles. The molecule has 0 N–H and O–H groups in total. The Morgan fingerprint density at radius 1 is 0.967 bits per heavy atom. The highest BCUT2D eigenvalue weighted by Gasteiger charge is 2.45. The van der Waals surface area contributed by atoms with Crippen molar-refractivity contribution in [1.29, 1.82) is 0 Å². The van der Waals surface area contributed by atoms with Crippen LogP contribution >= 0.6 is 0 Å². The van der Waals surface area contributed by atoms with Crippen LogP contribution < -0.4 is 0 Å². The summed E-state index contributed by atoms with van der Waals surface area (Å²) >= 11 is 0. The molecule has 0 saturated carbocycles. The Morgan fingerprint density at radius 2 is 1.63 bits per heavy atom. The monoisotopic (exact) mass is 419 g/mol. The van der Waals surface area contributed by atoms with Crippen molar-refractivity contribution in [3.05, 3.63) is 71.0 Å². The minimum absolute atomic E-state index is 0.124. The Labute approximate surface area is 171 Å². The lowest BCUT2D eigenvalue weighted by atomic mass is 9.80. The Bertz CT molecular complexity index is 939. The average molecular weight is 419 g/mol. The van der Waals surface area contributed by atoms with E-state index >= 15 is 0 Å². The van der Waals surface area contributed by atoms with Crippen LogP contribution in [0, 0.1) is 23.4 Å². The quantitative estimate of drug-likeness (QED) is 0.553. The number of halogens is 3. The molecule has 0 aliphatic carbocycles. The molecule has 0 radical (unpaired) electrons. The standard InChI is InChI=1S/C22H20F3NO4/c23-18-7-6-17(19(24)20(18)25)21(27)14-8-15-11-29-12-16(9-14)26(15)22(28)30-10-13-4-2-1-3-5-13/h1-7,14-16H,8-12H2. The largest absolute Gasteiger partial charge is 0.445 e. The molecular formula is C22H20F3NO4. The van der Waals surface area contributed by atoms with Crippen LogP contribution in [0.3, 0.4) is 0 Å². The second-order valence-corrected chi connectivity index (χ2v) is 7.55. The third-order valence-electron chi connectivity index (χ3n) is 5.61. The fourth-order valence-corrected chi connectivity index (χ4v) is 4.16. The van der Waals surface area contributed by atoms with Gasteiger partial charge in [0.25, 0.3) is 0 Å². The number of nitrogens with zero attached hydrogens (tertiary/aromatic N) is 1. The van der Waals surface area contributed by atoms with Gasteiger partial charge >= 0.3 is 6.09 Å². The zero-order chi connectivity index (χ0) is 21.3. The molecule has 5 nitrogen and oxygen atoms in total. The van der Waals surface area contributed by atoms with Gasteiger partial charge in [0.2, 0.25) is 0 Å². The first-order chi connectivity index (χ1) is 14.5. The molecule has 2 aliphatic heterocycles. The number of carbonyl (C=O) groups excluding carboxylic acids is 2. The van der Waals surface area contributed by atoms with Crippen LogP contribution in [0.1, 0.15) is 28.8 Å². The van der Waals surface area contributed by atoms with Gasteiger partial charge in [0, 0.05) is 5.92 Å². The molecule has 2 aliphatic rings. The molecule has 2 unspecified atom stereocenters. The lowest BCUT2D eigenvalue weighted by Crippen LogP contribution is -2.60. The second kappa shape index (κ2) is 8.47. The van der Waals surface area contributed by atoms with Crippen LogP contribution in [-0.2, 0) is 16.1 Å². The lowest BCUT2D eigenvalue weighted by molar-refractivity contribution is -0.0755. The number of hydrogen-bond acceptors (Lipinski definition) is 4. The maximum Gasteiger partial charge on any atom is 0.410 e. The predicted octanol–water partition coefficient (Wildman–Crippen LogP) is 4.10. The number of rotatable bonds is 4. The van der Waals surface area contributed by atoms with E-state index in [0.29, 0.717) is 0 Å². The molecular weight excluding hydrogens is 399 g/mol. The van der Waals surface area contributed by atoms with Crippen LogP contribution in [0.25, 0.3) is 0 Å². The van der Waals surface area contributed by atoms with Crippen molar-refractivity contribution in [1.82, 2.24) is 4.90 Å². The summed E-state index contributed by atoms with van der Waals surface area (Å²) in [6, 6.07) is 10.1. The van der Waals surface area contributed by atoms with Crippen molar-refractivity contribution in [3.8, 4) is 0 Å². The predicted molar refractivity (Wildman–Crippen MR) is 100 cm³/mol. The molecule has 8 heteroatoms. The molecule has 0 spiro atoms. The molecule has 2 heterocycles. The van der Waals surface area contributed by atoms with E-state index in [9.17, 15) is 22.8 Å². The summed E-state index contributed by atoms with van der Waals surface area (Å²) in [6.45, 7) is 0.570. The van der Waals surface area contributed by atoms with Gasteiger partial charge in [-0.1, -0.05) is 30.3 Å². The molecule has 4 rings (SSSR count). The zero-order valence-corrected chi connectivity index (χ0v) is 16.0. The van der Waals surface area contributed by atoms with Gasteiger partial charge in [0.1, 0.15) is 6.61 Å². The lowest BCUT2D eigenvalue weighted by Gasteiger charge is -2.47. The number of piperidine rings is 1. The van der Waals surface area contributed by atoms with Crippen molar-refractivity contribution in [2.75, 3.05) is 13.2 Å². The second-order valence-electron chi connectivity index (χ2n) is 7.55. The van der Waals surface area contributed by atoms with Crippen molar-refractivity contribution in [2.24, 2.45) is 5.92 Å². The van der Waals surface area contributed by atoms with Crippen molar-refractivity contribution < 1.29 is 32.2 Å². The summed E-state index contributed by atoms with van der Waals surface area (Å²) in [4.78, 5) is 27.1. The van der Waals surface area contributed by atoms with Gasteiger partial charge in [-0.2, -0.15) is 0 Å². The van der Waals surface area contributed by atoms with E-state index in [4.69, 9.17) is 9.47 Å². The SMILES string of the molecule is O=C(c1ccc(F)c(F)c1F)C1CC2COCC(C1)N2C(=O)OCc1ccccc1. The van der Waals surface area contributed by atoms with Crippen molar-refractivity contribution in [3.63, 3.8) is 0 Å². The number of morpholine rings is 1. The van der Waals surface area contributed by atoms with Crippen molar-refractivity contribution in [2.45, 2.75) is 31.5 Å². The Morgan fingerprint density at radius 3 is 2.30 bits per heavy atom. The summed E-state index contributed by atoms with van der Waals surface area (Å²) in [5.74, 6) is -5.70. The Kier molecular flexibility index (Phi) is 5.76. The highest BCUT2D eigenvalue weighted by molar-refractivity contribution is 5.98. The summed E-state index contributed by atoms with van der Waals surface area (Å²) < 4.78 is 51.8. The van der Waals surface area contributed by atoms with E-state index < -0.39 is 52.9 Å². The third-order valence-corrected chi connectivity index (χ3v) is 5.61. The van der Waals surface area contributed by atoms with E-state index in [1.165, 1.54) is 0 Å². The smallest absolute Gasteiger partial charge is 0.410 e. The fraction of sp³-hybridized carbons (Fsp3) is 0.364. The number of carbonyl (C=O) groups is 2. The number of fused-ring (bicyclic) bond motifs is 2. The first-order valence-electron chi connectivity index (χ1n) is 9.70. The number of hydrogen-bond donors (Lipinski definition) is 0. The number of benzene rings is 2. The van der Waals surface area contributed by atoms with E-state index in [1.54, 1.807) is 4.90 Å². The van der Waals surface area contributed by atoms with Gasteiger partial charge in [-0.15, -0.1) is 0 Å². The van der Waals surface area contributed by atoms with Crippen LogP contribution in [0.2, 0.25) is 0 Å². The van der Waals surface area contributed by atoms with Gasteiger partial charge in [-0.25, -0.2) is 18.0 Å². The Balaban J connectivity index is 1.46. The summed E-state index contributed by atoms with van der Waals surface area (Å²) in [7, 11) is 0. The first-order valence-corrected chi connectivity index (χ1v) is 9.70. The molecule has 2 aromatic rings. The molecule has 2 aromatic carbocycles. The molecule has 0 aromatic heterocycles. The molecule has 30 heavy (non-hydrogen) atoms. The van der Waals surface area contributed by atoms with Crippen LogP contribution in [-0.4, -0.2) is 42.1 Å². The van der Waals surface area contributed by atoms with Gasteiger partial charge in [0.15, 0.2) is 23.2 Å². The van der Waals surface area contributed by atoms with Gasteiger partial charge in [-0.3, -0.25) is 9.69 Å². The van der Waals surface area contributed by atoms with Gasteiger partial charge < -0.3 is 9.47 Å². The number of amides is 1. The maximum absolute atomic E-state index is 14.1. The third kappa shape index (κ3) is 3.92. The van der Waals surface area contributed by atoms with E-state index in [0.717, 1.165) is 17.7 Å². The fourth-order valence-electron chi connectivity index (χ4n) is 4.16. The van der Waals surface area contributed by atoms with Crippen LogP contribution in [0.5, 0.6) is 0 Å². The average Bonchev–Trinajstić information content (AvgIpc) is 2.75. The normalized spacial score (nSPS) is 23.2. The molecule has 2 atom stereocenters. The van der Waals surface area contributed by atoms with E-state index in [2.05, 4.69) is 0 Å². The van der Waals surface area contributed by atoms with Crippen LogP contribution in [0.4, 0.5) is 18.0 Å². The minimum Gasteiger partial charge on any atom is -0.445 e. The van der Waals surface area contributed by atoms with Gasteiger partial charge in [0.05, 0.1) is 30.9 Å². The number of Topliss-reactive ketones (excluding diaryl/α,β-unsaturated/α-hetero) is 1. The molecule has 1 amide bonds. The summed E-state index contributed by atoms with van der Waals surface area (Å²) in [5.41, 5.74) is 0.379. The molecule has 158 valence electrons. The molecule has 2 fully saturated rings. The Hall–Kier alpha value is -2.87. The van der Waals surface area contributed by atoms with E-state index in [1.807, 2.05) is 30.3 Å². The first kappa shape index (κ1) is 20.4. The highest BCUT2D eigenvalue weighted by Crippen LogP contribution is 2.35. The number of ether oxygens (including phenoxy) is 2. The highest BCUT2D eigenvalue weighted by atomic mass is 19.2. The van der Waals surface area contributed by atoms with Crippen LogP contribution in [0.15, 0.2) is 42.5 Å². The zero-order valence-electron chi connectivity index (χ0n) is 16.0.